The number of fused-ring (bicyclic) bond motifs is 2. The largest absolute Gasteiger partial charge is 0.417 e. The van der Waals surface area contributed by atoms with Gasteiger partial charge in [-0.3, -0.25) is 4.79 Å². The van der Waals surface area contributed by atoms with Crippen molar-refractivity contribution in [3.05, 3.63) is 22.8 Å². The number of ketones is 1. The van der Waals surface area contributed by atoms with Gasteiger partial charge in [-0.05, 0) is 36.7 Å². The molecule has 0 unspecified atom stereocenters. The number of nitrogens with zero attached hydrogens (tertiary/aromatic N) is 3. The van der Waals surface area contributed by atoms with E-state index in [0.717, 1.165) is 18.7 Å². The van der Waals surface area contributed by atoms with Gasteiger partial charge in [0.05, 0.1) is 16.3 Å². The smallest absolute Gasteiger partial charge is 0.354 e. The molecule has 2 saturated carbocycles. The van der Waals surface area contributed by atoms with Gasteiger partial charge in [-0.1, -0.05) is 25.4 Å². The summed E-state index contributed by atoms with van der Waals surface area (Å²) in [6.07, 6.45) is -1.39. The van der Waals surface area contributed by atoms with E-state index in [-0.39, 0.29) is 53.3 Å². The van der Waals surface area contributed by atoms with Gasteiger partial charge >= 0.3 is 6.18 Å². The molecule has 2 heterocycles. The highest BCUT2D eigenvalue weighted by atomic mass is 35.5. The number of pyridine rings is 1. The molecular weight excluding hydrogens is 467 g/mol. The predicted octanol–water partition coefficient (Wildman–Crippen LogP) is 3.99. The van der Waals surface area contributed by atoms with Crippen LogP contribution in [0.1, 0.15) is 45.1 Å². The molecule has 0 radical (unpaired) electrons. The highest BCUT2D eigenvalue weighted by Crippen LogP contribution is 2.64. The first-order chi connectivity index (χ1) is 14.8. The lowest BCUT2D eigenvalue weighted by Gasteiger charge is -2.37. The van der Waals surface area contributed by atoms with Gasteiger partial charge in [0, 0.05) is 44.2 Å². The zero-order valence-electron chi connectivity index (χ0n) is 18.1. The zero-order chi connectivity index (χ0) is 23.5. The average Bonchev–Trinajstić information content (AvgIpc) is 2.92. The van der Waals surface area contributed by atoms with Gasteiger partial charge in [-0.15, -0.1) is 0 Å². The minimum absolute atomic E-state index is 0.0551. The van der Waals surface area contributed by atoms with Gasteiger partial charge in [0.1, 0.15) is 11.6 Å². The van der Waals surface area contributed by atoms with E-state index in [2.05, 4.69) is 4.98 Å². The lowest BCUT2D eigenvalue weighted by molar-refractivity contribution is -0.137. The second-order valence-electron chi connectivity index (χ2n) is 9.69. The van der Waals surface area contributed by atoms with Crippen molar-refractivity contribution in [1.29, 1.82) is 0 Å². The number of Topliss-reactive ketones (excluding diaryl/α,β-unsaturated/α-hetero) is 1. The van der Waals surface area contributed by atoms with E-state index in [1.807, 2.05) is 13.8 Å². The Morgan fingerprint density at radius 2 is 1.94 bits per heavy atom. The number of sulfonamides is 1. The van der Waals surface area contributed by atoms with Crippen LogP contribution in [0.3, 0.4) is 0 Å². The first-order valence-corrected chi connectivity index (χ1v) is 12.8. The summed E-state index contributed by atoms with van der Waals surface area (Å²) >= 11 is 6.08. The number of alkyl halides is 3. The lowest BCUT2D eigenvalue weighted by Crippen LogP contribution is -2.47. The molecule has 1 aromatic heterocycles. The molecule has 0 aromatic carbocycles. The van der Waals surface area contributed by atoms with Crippen LogP contribution in [0.15, 0.2) is 12.3 Å². The van der Waals surface area contributed by atoms with Crippen LogP contribution in [-0.4, -0.2) is 55.4 Å². The molecule has 4 rings (SSSR count). The maximum atomic E-state index is 13.4. The molecule has 1 saturated heterocycles. The summed E-state index contributed by atoms with van der Waals surface area (Å²) in [6, 6.07) is 0.840. The summed E-state index contributed by atoms with van der Waals surface area (Å²) in [5.41, 5.74) is -2.10. The van der Waals surface area contributed by atoms with Crippen molar-refractivity contribution >= 4 is 33.2 Å². The Labute approximate surface area is 191 Å². The molecule has 2 atom stereocenters. The van der Waals surface area contributed by atoms with Gasteiger partial charge in [0.25, 0.3) is 0 Å². The van der Waals surface area contributed by atoms with Crippen LogP contribution < -0.4 is 4.90 Å². The van der Waals surface area contributed by atoms with E-state index in [0.29, 0.717) is 25.8 Å². The Balaban J connectivity index is 1.49. The molecule has 6 nitrogen and oxygen atoms in total. The summed E-state index contributed by atoms with van der Waals surface area (Å²) < 4.78 is 66.8. The number of rotatable bonds is 4. The zero-order valence-corrected chi connectivity index (χ0v) is 19.7. The Morgan fingerprint density at radius 1 is 1.22 bits per heavy atom. The number of hydrogen-bond donors (Lipinski definition) is 0. The van der Waals surface area contributed by atoms with Crippen molar-refractivity contribution in [2.24, 2.45) is 16.7 Å². The van der Waals surface area contributed by atoms with Crippen molar-refractivity contribution in [1.82, 2.24) is 9.29 Å². The minimum atomic E-state index is -4.54. The van der Waals surface area contributed by atoms with Crippen molar-refractivity contribution in [3.63, 3.8) is 0 Å². The molecular formula is C21H27ClF3N3O3S. The fourth-order valence-electron chi connectivity index (χ4n) is 5.71. The molecule has 0 spiro atoms. The van der Waals surface area contributed by atoms with Gasteiger partial charge in [-0.25, -0.2) is 17.7 Å². The van der Waals surface area contributed by atoms with Gasteiger partial charge in [-0.2, -0.15) is 13.2 Å². The number of aromatic nitrogens is 1. The molecule has 1 aromatic rings. The second-order valence-corrected chi connectivity index (χ2v) is 12.1. The van der Waals surface area contributed by atoms with Crippen molar-refractivity contribution in [2.45, 2.75) is 45.7 Å². The number of halogens is 4. The summed E-state index contributed by atoms with van der Waals surface area (Å²) in [4.78, 5) is 18.4. The minimum Gasteiger partial charge on any atom is -0.354 e. The molecule has 3 aliphatic rings. The van der Waals surface area contributed by atoms with Crippen molar-refractivity contribution < 1.29 is 26.4 Å². The first-order valence-electron chi connectivity index (χ1n) is 10.8. The fraction of sp³-hybridized carbons (Fsp3) is 0.714. The maximum absolute atomic E-state index is 13.4. The molecule has 178 valence electrons. The normalized spacial score (nSPS) is 28.9. The van der Waals surface area contributed by atoms with E-state index < -0.39 is 27.2 Å². The highest BCUT2D eigenvalue weighted by Gasteiger charge is 2.65. The summed E-state index contributed by atoms with van der Waals surface area (Å²) in [5.74, 6) is 0.321. The van der Waals surface area contributed by atoms with E-state index >= 15 is 0 Å². The van der Waals surface area contributed by atoms with Gasteiger partial charge < -0.3 is 4.90 Å². The SMILES string of the molecule is CC1(C)[C@H]2CC[C@]1(CS(=O)(=O)N1CCCN(c3ncc(C(F)(F)F)cc3Cl)CC1)C(=O)C2. The number of hydrogen-bond acceptors (Lipinski definition) is 5. The monoisotopic (exact) mass is 493 g/mol. The quantitative estimate of drug-likeness (QED) is 0.634. The third kappa shape index (κ3) is 3.81. The molecule has 0 N–H and O–H groups in total. The average molecular weight is 494 g/mol. The maximum Gasteiger partial charge on any atom is 0.417 e. The van der Waals surface area contributed by atoms with Crippen LogP contribution in [0.4, 0.5) is 19.0 Å². The number of anilines is 1. The van der Waals surface area contributed by atoms with Crippen LogP contribution in [0.25, 0.3) is 0 Å². The molecule has 1 aliphatic heterocycles. The Morgan fingerprint density at radius 3 is 2.50 bits per heavy atom. The second kappa shape index (κ2) is 7.84. The van der Waals surface area contributed by atoms with E-state index in [9.17, 15) is 26.4 Å². The third-order valence-electron chi connectivity index (χ3n) is 7.86. The van der Waals surface area contributed by atoms with Crippen LogP contribution >= 0.6 is 11.6 Å². The molecule has 32 heavy (non-hydrogen) atoms. The summed E-state index contributed by atoms with van der Waals surface area (Å²) in [6.45, 7) is 5.13. The Kier molecular flexibility index (Phi) is 5.82. The third-order valence-corrected chi connectivity index (χ3v) is 10.2. The fourth-order valence-corrected chi connectivity index (χ4v) is 8.25. The molecule has 2 aliphatic carbocycles. The predicted molar refractivity (Wildman–Crippen MR) is 115 cm³/mol. The van der Waals surface area contributed by atoms with Crippen molar-refractivity contribution in [2.75, 3.05) is 36.8 Å². The number of carbonyl (C=O) groups is 1. The topological polar surface area (TPSA) is 70.6 Å². The Bertz CT molecular complexity index is 1030. The van der Waals surface area contributed by atoms with Crippen LogP contribution in [0, 0.1) is 16.7 Å². The van der Waals surface area contributed by atoms with Crippen LogP contribution in [0.5, 0.6) is 0 Å². The summed E-state index contributed by atoms with van der Waals surface area (Å²) in [5, 5.41) is -0.120. The van der Waals surface area contributed by atoms with E-state index in [1.54, 1.807) is 4.90 Å². The van der Waals surface area contributed by atoms with E-state index in [4.69, 9.17) is 11.6 Å². The molecule has 3 fully saturated rings. The van der Waals surface area contributed by atoms with Crippen LogP contribution in [-0.2, 0) is 21.0 Å². The summed E-state index contributed by atoms with van der Waals surface area (Å²) in [7, 11) is -3.70. The Hall–Kier alpha value is -1.39. The van der Waals surface area contributed by atoms with Gasteiger partial charge in [0.15, 0.2) is 0 Å². The molecule has 2 bridgehead atoms. The first kappa shape index (κ1) is 23.8. The lowest BCUT2D eigenvalue weighted by atomic mass is 9.70. The number of carbonyl (C=O) groups excluding carboxylic acids is 1. The highest BCUT2D eigenvalue weighted by molar-refractivity contribution is 7.89. The van der Waals surface area contributed by atoms with Gasteiger partial charge in [0.2, 0.25) is 10.0 Å². The van der Waals surface area contributed by atoms with E-state index in [1.165, 1.54) is 4.31 Å². The van der Waals surface area contributed by atoms with Crippen molar-refractivity contribution in [3.8, 4) is 0 Å². The molecule has 0 amide bonds. The standard InChI is InChI=1S/C21H27ClF3N3O3S/c1-19(2)14-4-5-20(19,17(29)11-14)13-32(30,31)28-7-3-6-27(8-9-28)18-16(22)10-15(12-26-18)21(23,24)25/h10,12,14H,3-9,11,13H2,1-2H3/t14-,20-/m0/s1. The molecule has 11 heteroatoms. The van der Waals surface area contributed by atoms with Crippen LogP contribution in [0.2, 0.25) is 5.02 Å².